The van der Waals surface area contributed by atoms with Gasteiger partial charge in [0.05, 0.1) is 6.61 Å². The molecule has 0 bridgehead atoms. The summed E-state index contributed by atoms with van der Waals surface area (Å²) in [5.74, 6) is -0.164. The van der Waals surface area contributed by atoms with Gasteiger partial charge < -0.3 is 10.5 Å². The molecule has 0 heterocycles. The first-order valence-corrected chi connectivity index (χ1v) is 4.41. The van der Waals surface area contributed by atoms with Gasteiger partial charge in [-0.05, 0) is 19.8 Å². The number of ether oxygens (including phenoxy) is 1. The molecule has 0 spiro atoms. The Morgan fingerprint density at radius 1 is 1.67 bits per heavy atom. The lowest BCUT2D eigenvalue weighted by Gasteiger charge is -2.05. The smallest absolute Gasteiger partial charge is 0.305 e. The van der Waals surface area contributed by atoms with Crippen molar-refractivity contribution in [3.8, 4) is 0 Å². The average molecular weight is 172 g/mol. The highest BCUT2D eigenvalue weighted by molar-refractivity contribution is 5.69. The fourth-order valence-corrected chi connectivity index (χ4v) is 0.706. The molecular weight excluding hydrogens is 154 g/mol. The number of carbonyl (C=O) groups excluding carboxylic acids is 1. The Hall–Kier alpha value is -0.570. The molecule has 0 aliphatic rings. The molecule has 0 rings (SSSR count). The highest BCUT2D eigenvalue weighted by Crippen LogP contribution is 1.97. The second kappa shape index (κ2) is 7.10. The van der Waals surface area contributed by atoms with Crippen LogP contribution in [-0.4, -0.2) is 18.6 Å². The van der Waals surface area contributed by atoms with Crippen molar-refractivity contribution >= 4 is 5.97 Å². The molecule has 0 saturated heterocycles. The summed E-state index contributed by atoms with van der Waals surface area (Å²) in [5, 5.41) is 0. The van der Waals surface area contributed by atoms with Crippen LogP contribution in [0, 0.1) is 6.92 Å². The summed E-state index contributed by atoms with van der Waals surface area (Å²) < 4.78 is 4.91. The van der Waals surface area contributed by atoms with Crippen molar-refractivity contribution in [2.75, 3.05) is 6.61 Å². The van der Waals surface area contributed by atoms with Crippen LogP contribution in [-0.2, 0) is 9.53 Å². The lowest BCUT2D eigenvalue weighted by molar-refractivity contribution is -0.143. The van der Waals surface area contributed by atoms with E-state index in [0.717, 1.165) is 12.8 Å². The third-order valence-corrected chi connectivity index (χ3v) is 1.48. The fraction of sp³-hybridized carbons (Fsp3) is 0.778. The van der Waals surface area contributed by atoms with Crippen LogP contribution in [0.4, 0.5) is 0 Å². The van der Waals surface area contributed by atoms with Gasteiger partial charge in [0.1, 0.15) is 0 Å². The number of rotatable bonds is 6. The standard InChI is InChI=1S/C9H18NO2/c1-3-4-7-12-9(11)6-5-8(2)10/h8H,2-7,10H2,1H3. The van der Waals surface area contributed by atoms with Gasteiger partial charge in [0, 0.05) is 12.5 Å². The molecule has 1 radical (unpaired) electrons. The zero-order valence-corrected chi connectivity index (χ0v) is 7.71. The minimum Gasteiger partial charge on any atom is -0.466 e. The van der Waals surface area contributed by atoms with Crippen LogP contribution in [0.1, 0.15) is 32.6 Å². The van der Waals surface area contributed by atoms with Crippen LogP contribution in [0.3, 0.4) is 0 Å². The highest BCUT2D eigenvalue weighted by Gasteiger charge is 2.03. The topological polar surface area (TPSA) is 52.3 Å². The maximum atomic E-state index is 10.9. The van der Waals surface area contributed by atoms with Gasteiger partial charge in [-0.2, -0.15) is 0 Å². The van der Waals surface area contributed by atoms with Crippen LogP contribution in [0.15, 0.2) is 0 Å². The SMILES string of the molecule is [CH2]C(N)CCC(=O)OCCCC. The summed E-state index contributed by atoms with van der Waals surface area (Å²) in [7, 11) is 0. The molecule has 12 heavy (non-hydrogen) atoms. The summed E-state index contributed by atoms with van der Waals surface area (Å²) in [6.07, 6.45) is 2.96. The molecule has 0 aliphatic carbocycles. The molecule has 0 aliphatic heterocycles. The Labute approximate surface area is 74.3 Å². The first-order chi connectivity index (χ1) is 5.66. The van der Waals surface area contributed by atoms with Crippen molar-refractivity contribution < 1.29 is 9.53 Å². The van der Waals surface area contributed by atoms with E-state index in [1.807, 2.05) is 0 Å². The lowest BCUT2D eigenvalue weighted by atomic mass is 10.2. The normalized spacial score (nSPS) is 12.6. The Kier molecular flexibility index (Phi) is 6.76. The quantitative estimate of drug-likeness (QED) is 0.485. The van der Waals surface area contributed by atoms with Crippen LogP contribution in [0.5, 0.6) is 0 Å². The second-order valence-electron chi connectivity index (χ2n) is 2.87. The Morgan fingerprint density at radius 3 is 2.83 bits per heavy atom. The van der Waals surface area contributed by atoms with E-state index in [9.17, 15) is 4.79 Å². The lowest BCUT2D eigenvalue weighted by Crippen LogP contribution is -2.17. The van der Waals surface area contributed by atoms with Crippen LogP contribution >= 0.6 is 0 Å². The van der Waals surface area contributed by atoms with Crippen LogP contribution in [0.25, 0.3) is 0 Å². The first-order valence-electron chi connectivity index (χ1n) is 4.41. The monoisotopic (exact) mass is 172 g/mol. The molecule has 71 valence electrons. The largest absolute Gasteiger partial charge is 0.466 e. The number of nitrogens with two attached hydrogens (primary N) is 1. The summed E-state index contributed by atoms with van der Waals surface area (Å²) in [6, 6.07) is -0.163. The molecule has 0 aromatic carbocycles. The Morgan fingerprint density at radius 2 is 2.33 bits per heavy atom. The third-order valence-electron chi connectivity index (χ3n) is 1.48. The number of hydrogen-bond acceptors (Lipinski definition) is 3. The molecule has 2 N–H and O–H groups in total. The van der Waals surface area contributed by atoms with Gasteiger partial charge in [0.15, 0.2) is 0 Å². The number of hydrogen-bond donors (Lipinski definition) is 1. The van der Waals surface area contributed by atoms with E-state index in [4.69, 9.17) is 10.5 Å². The van der Waals surface area contributed by atoms with E-state index >= 15 is 0 Å². The summed E-state index contributed by atoms with van der Waals surface area (Å²) in [4.78, 5) is 10.9. The van der Waals surface area contributed by atoms with Crippen LogP contribution in [0.2, 0.25) is 0 Å². The Balaban J connectivity index is 3.22. The maximum absolute atomic E-state index is 10.9. The molecule has 1 atom stereocenters. The van der Waals surface area contributed by atoms with Gasteiger partial charge in [0.2, 0.25) is 0 Å². The zero-order chi connectivity index (χ0) is 9.40. The Bertz CT molecular complexity index is 124. The van der Waals surface area contributed by atoms with Crippen molar-refractivity contribution in [1.82, 2.24) is 0 Å². The molecular formula is C9H18NO2. The number of unbranched alkanes of at least 4 members (excludes halogenated alkanes) is 1. The molecule has 0 amide bonds. The molecule has 1 unspecified atom stereocenters. The van der Waals surface area contributed by atoms with Gasteiger partial charge in [0.25, 0.3) is 0 Å². The van der Waals surface area contributed by atoms with E-state index < -0.39 is 0 Å². The average Bonchev–Trinajstić information content (AvgIpc) is 2.01. The van der Waals surface area contributed by atoms with Crippen molar-refractivity contribution in [2.24, 2.45) is 5.73 Å². The van der Waals surface area contributed by atoms with E-state index in [0.29, 0.717) is 19.4 Å². The van der Waals surface area contributed by atoms with Crippen molar-refractivity contribution in [3.05, 3.63) is 6.92 Å². The summed E-state index contributed by atoms with van der Waals surface area (Å²) in [5.41, 5.74) is 5.38. The summed E-state index contributed by atoms with van der Waals surface area (Å²) >= 11 is 0. The molecule has 0 aromatic rings. The molecule has 0 aromatic heterocycles. The minimum absolute atomic E-state index is 0.163. The molecule has 0 fully saturated rings. The van der Waals surface area contributed by atoms with Gasteiger partial charge in [-0.3, -0.25) is 4.79 Å². The van der Waals surface area contributed by atoms with Gasteiger partial charge >= 0.3 is 5.97 Å². The molecule has 3 heteroatoms. The van der Waals surface area contributed by atoms with E-state index in [1.165, 1.54) is 0 Å². The summed E-state index contributed by atoms with van der Waals surface area (Å²) in [6.45, 7) is 6.16. The first kappa shape index (κ1) is 11.4. The fourth-order valence-electron chi connectivity index (χ4n) is 0.706. The van der Waals surface area contributed by atoms with E-state index in [1.54, 1.807) is 0 Å². The van der Waals surface area contributed by atoms with Gasteiger partial charge in [-0.15, -0.1) is 0 Å². The maximum Gasteiger partial charge on any atom is 0.305 e. The van der Waals surface area contributed by atoms with Crippen LogP contribution < -0.4 is 5.73 Å². The van der Waals surface area contributed by atoms with Gasteiger partial charge in [-0.25, -0.2) is 0 Å². The molecule has 3 nitrogen and oxygen atoms in total. The van der Waals surface area contributed by atoms with E-state index in [2.05, 4.69) is 13.8 Å². The molecule has 0 saturated carbocycles. The predicted octanol–water partition coefficient (Wildman–Crippen LogP) is 1.27. The highest BCUT2D eigenvalue weighted by atomic mass is 16.5. The van der Waals surface area contributed by atoms with Gasteiger partial charge in [-0.1, -0.05) is 13.3 Å². The predicted molar refractivity (Wildman–Crippen MR) is 48.4 cm³/mol. The number of carbonyl (C=O) groups is 1. The zero-order valence-electron chi connectivity index (χ0n) is 7.71. The second-order valence-corrected chi connectivity index (χ2v) is 2.87. The minimum atomic E-state index is -0.164. The van der Waals surface area contributed by atoms with Crippen molar-refractivity contribution in [3.63, 3.8) is 0 Å². The van der Waals surface area contributed by atoms with Crippen molar-refractivity contribution in [1.29, 1.82) is 0 Å². The van der Waals surface area contributed by atoms with Crippen molar-refractivity contribution in [2.45, 2.75) is 38.6 Å². The number of esters is 1. The van der Waals surface area contributed by atoms with E-state index in [-0.39, 0.29) is 12.0 Å². The third kappa shape index (κ3) is 7.54.